The van der Waals surface area contributed by atoms with E-state index in [2.05, 4.69) is 17.0 Å². The molecule has 1 fully saturated rings. The van der Waals surface area contributed by atoms with E-state index in [0.717, 1.165) is 48.5 Å². The van der Waals surface area contributed by atoms with Crippen molar-refractivity contribution in [3.8, 4) is 17.0 Å². The van der Waals surface area contributed by atoms with Crippen molar-refractivity contribution in [1.82, 2.24) is 19.6 Å². The summed E-state index contributed by atoms with van der Waals surface area (Å²) in [6, 6.07) is 14.7. The van der Waals surface area contributed by atoms with E-state index >= 15 is 0 Å². The number of amides is 1. The third kappa shape index (κ3) is 3.12. The van der Waals surface area contributed by atoms with E-state index in [1.54, 1.807) is 44.6 Å². The van der Waals surface area contributed by atoms with Crippen molar-refractivity contribution >= 4 is 11.8 Å². The Morgan fingerprint density at radius 2 is 1.66 bits per heavy atom. The number of benzene rings is 2. The molecule has 1 spiro atoms. The van der Waals surface area contributed by atoms with Crippen molar-refractivity contribution in [3.63, 3.8) is 0 Å². The summed E-state index contributed by atoms with van der Waals surface area (Å²) in [6.07, 6.45) is 3.41. The molecule has 1 aromatic heterocycles. The molecule has 0 unspecified atom stereocenters. The van der Waals surface area contributed by atoms with Crippen LogP contribution in [-0.2, 0) is 5.60 Å². The maximum Gasteiger partial charge on any atom is 0.279 e. The molecule has 0 bridgehead atoms. The van der Waals surface area contributed by atoms with Crippen LogP contribution in [0.4, 0.5) is 0 Å². The Hall–Kier alpha value is -3.45. The van der Waals surface area contributed by atoms with Gasteiger partial charge in [-0.15, -0.1) is 0 Å². The molecule has 32 heavy (non-hydrogen) atoms. The average Bonchev–Trinajstić information content (AvgIpc) is 3.26. The number of nitrogens with zero attached hydrogens (tertiary/aromatic N) is 4. The summed E-state index contributed by atoms with van der Waals surface area (Å²) < 4.78 is 8.02. The minimum Gasteiger partial charge on any atom is -0.482 e. The minimum absolute atomic E-state index is 0.217. The lowest BCUT2D eigenvalue weighted by Crippen LogP contribution is -2.46. The highest BCUT2D eigenvalue weighted by Gasteiger charge is 2.45. The van der Waals surface area contributed by atoms with Gasteiger partial charge in [0.2, 0.25) is 0 Å². The molecule has 0 atom stereocenters. The molecule has 5 rings (SSSR count). The van der Waals surface area contributed by atoms with Crippen LogP contribution in [0.5, 0.6) is 5.75 Å². The summed E-state index contributed by atoms with van der Waals surface area (Å²) in [5, 5.41) is 4.54. The summed E-state index contributed by atoms with van der Waals surface area (Å²) in [4.78, 5) is 30.2. The topological polar surface area (TPSA) is 67.7 Å². The highest BCUT2D eigenvalue weighted by molar-refractivity contribution is 6.08. The van der Waals surface area contributed by atoms with Gasteiger partial charge in [0.05, 0.1) is 23.0 Å². The van der Waals surface area contributed by atoms with Crippen molar-refractivity contribution in [2.75, 3.05) is 34.2 Å². The van der Waals surface area contributed by atoms with Crippen LogP contribution < -0.4 is 4.74 Å². The number of rotatable bonds is 2. The number of fused-ring (bicyclic) bond motifs is 4. The van der Waals surface area contributed by atoms with Crippen LogP contribution in [0.25, 0.3) is 11.3 Å². The predicted octanol–water partition coefficient (Wildman–Crippen LogP) is 3.25. The van der Waals surface area contributed by atoms with Crippen LogP contribution in [0.3, 0.4) is 0 Å². The van der Waals surface area contributed by atoms with Crippen LogP contribution in [-0.4, -0.2) is 65.6 Å². The number of ether oxygens (including phenoxy) is 1. The molecule has 1 amide bonds. The summed E-state index contributed by atoms with van der Waals surface area (Å²) in [7, 11) is 5.46. The number of piperidine rings is 1. The Morgan fingerprint density at radius 3 is 2.38 bits per heavy atom. The summed E-state index contributed by atoms with van der Waals surface area (Å²) >= 11 is 0. The molecule has 0 saturated carbocycles. The zero-order valence-electron chi connectivity index (χ0n) is 18.5. The largest absolute Gasteiger partial charge is 0.482 e. The smallest absolute Gasteiger partial charge is 0.279 e. The zero-order chi connectivity index (χ0) is 22.5. The van der Waals surface area contributed by atoms with Gasteiger partial charge >= 0.3 is 0 Å². The number of carbonyl (C=O) groups is 2. The molecule has 7 nitrogen and oxygen atoms in total. The van der Waals surface area contributed by atoms with E-state index in [1.165, 1.54) is 9.58 Å². The van der Waals surface area contributed by atoms with E-state index in [4.69, 9.17) is 4.74 Å². The molecule has 0 radical (unpaired) electrons. The van der Waals surface area contributed by atoms with Crippen molar-refractivity contribution in [2.45, 2.75) is 18.4 Å². The van der Waals surface area contributed by atoms with Gasteiger partial charge in [-0.05, 0) is 31.3 Å². The van der Waals surface area contributed by atoms with Gasteiger partial charge < -0.3 is 14.5 Å². The predicted molar refractivity (Wildman–Crippen MR) is 121 cm³/mol. The van der Waals surface area contributed by atoms with E-state index in [-0.39, 0.29) is 11.8 Å². The highest BCUT2D eigenvalue weighted by Crippen LogP contribution is 2.49. The molecule has 0 N–H and O–H groups in total. The first-order valence-corrected chi connectivity index (χ1v) is 10.8. The number of para-hydroxylation sites is 1. The average molecular weight is 431 g/mol. The van der Waals surface area contributed by atoms with Crippen molar-refractivity contribution in [1.29, 1.82) is 0 Å². The second-order valence-corrected chi connectivity index (χ2v) is 8.76. The lowest BCUT2D eigenvalue weighted by molar-refractivity contribution is 0.00164. The molecule has 3 aromatic rings. The van der Waals surface area contributed by atoms with Gasteiger partial charge in [0.1, 0.15) is 11.4 Å². The molecule has 1 saturated heterocycles. The molecule has 7 heteroatoms. The Kier molecular flexibility index (Phi) is 4.86. The zero-order valence-corrected chi connectivity index (χ0v) is 18.5. The van der Waals surface area contributed by atoms with Gasteiger partial charge in [-0.25, -0.2) is 0 Å². The van der Waals surface area contributed by atoms with Crippen LogP contribution in [0, 0.1) is 0 Å². The van der Waals surface area contributed by atoms with E-state index in [0.29, 0.717) is 11.1 Å². The fraction of sp³-hybridized carbons (Fsp3) is 0.320. The van der Waals surface area contributed by atoms with Crippen molar-refractivity contribution < 1.29 is 14.3 Å². The van der Waals surface area contributed by atoms with Gasteiger partial charge in [0.25, 0.3) is 11.8 Å². The van der Waals surface area contributed by atoms with Crippen molar-refractivity contribution in [2.24, 2.45) is 0 Å². The molecule has 2 aliphatic rings. The summed E-state index contributed by atoms with van der Waals surface area (Å²) in [5.41, 5.74) is 2.73. The maximum absolute atomic E-state index is 13.7. The van der Waals surface area contributed by atoms with Crippen LogP contribution >= 0.6 is 0 Å². The monoisotopic (exact) mass is 430 g/mol. The number of hydrogen-bond acceptors (Lipinski definition) is 5. The van der Waals surface area contributed by atoms with Crippen molar-refractivity contribution in [3.05, 3.63) is 71.4 Å². The number of aromatic nitrogens is 2. The Bertz CT molecular complexity index is 1210. The normalized spacial score (nSPS) is 16.7. The fourth-order valence-corrected chi connectivity index (χ4v) is 4.67. The molecule has 0 aliphatic carbocycles. The quantitative estimate of drug-likeness (QED) is 0.624. The van der Waals surface area contributed by atoms with Gasteiger partial charge in [-0.2, -0.15) is 9.78 Å². The van der Waals surface area contributed by atoms with E-state index in [9.17, 15) is 9.59 Å². The minimum atomic E-state index is -0.506. The van der Waals surface area contributed by atoms with Gasteiger partial charge in [-0.1, -0.05) is 24.3 Å². The highest BCUT2D eigenvalue weighted by atomic mass is 16.5. The van der Waals surface area contributed by atoms with Crippen LogP contribution in [0.1, 0.15) is 39.1 Å². The second kappa shape index (κ2) is 7.60. The van der Waals surface area contributed by atoms with Gasteiger partial charge in [-0.3, -0.25) is 9.59 Å². The lowest BCUT2D eigenvalue weighted by atomic mass is 9.81. The van der Waals surface area contributed by atoms with E-state index in [1.807, 2.05) is 24.3 Å². The second-order valence-electron chi connectivity index (χ2n) is 8.76. The summed E-state index contributed by atoms with van der Waals surface area (Å²) in [6.45, 7) is 1.81. The molecule has 2 aromatic carbocycles. The summed E-state index contributed by atoms with van der Waals surface area (Å²) in [5.74, 6) is 0.221. The number of carbonyl (C=O) groups excluding carboxylic acids is 2. The van der Waals surface area contributed by atoms with Crippen LogP contribution in [0.2, 0.25) is 0 Å². The fourth-order valence-electron chi connectivity index (χ4n) is 4.67. The molecule has 2 aliphatic heterocycles. The van der Waals surface area contributed by atoms with Gasteiger partial charge in [0.15, 0.2) is 0 Å². The number of likely N-dealkylation sites (tertiary alicyclic amines) is 1. The van der Waals surface area contributed by atoms with Gasteiger partial charge in [0, 0.05) is 51.2 Å². The molecule has 164 valence electrons. The standard InChI is InChI=1S/C25H26N4O3/c1-27(2)23(30)17-8-4-5-9-18(17)24(31)29-22-19-10-6-7-11-21(19)32-25(20(22)16-26-29)12-14-28(3)15-13-25/h4-11,16H,12-15H2,1-3H3. The first kappa shape index (κ1) is 20.5. The van der Waals surface area contributed by atoms with E-state index < -0.39 is 5.60 Å². The SMILES string of the molecule is CN1CCC2(CC1)Oc1ccccc1-c1c2cnn1C(=O)c1ccccc1C(=O)N(C)C. The number of hydrogen-bond donors (Lipinski definition) is 0. The van der Waals surface area contributed by atoms with Crippen LogP contribution in [0.15, 0.2) is 54.7 Å². The Labute approximate surface area is 187 Å². The lowest BCUT2D eigenvalue weighted by Gasteiger charge is -2.43. The maximum atomic E-state index is 13.7. The third-order valence-electron chi connectivity index (χ3n) is 6.49. The Balaban J connectivity index is 1.66. The Morgan fingerprint density at radius 1 is 1.00 bits per heavy atom. The first-order valence-electron chi connectivity index (χ1n) is 10.8. The molecular weight excluding hydrogens is 404 g/mol. The third-order valence-corrected chi connectivity index (χ3v) is 6.49. The first-order chi connectivity index (χ1) is 15.4. The molecular formula is C25H26N4O3. The molecule has 3 heterocycles.